The van der Waals surface area contributed by atoms with Crippen LogP contribution in [0.2, 0.25) is 0 Å². The fourth-order valence-electron chi connectivity index (χ4n) is 1.86. The van der Waals surface area contributed by atoms with Crippen molar-refractivity contribution in [1.82, 2.24) is 9.79 Å². The molecule has 2 aromatic rings. The molecular weight excluding hydrogens is 344 g/mol. The lowest BCUT2D eigenvalue weighted by Gasteiger charge is -2.20. The van der Waals surface area contributed by atoms with Gasteiger partial charge in [0, 0.05) is 24.4 Å². The Labute approximate surface area is 137 Å². The number of sulfonamides is 1. The topological polar surface area (TPSA) is 86.7 Å². The molecule has 2 heterocycles. The Morgan fingerprint density at radius 3 is 2.50 bits per heavy atom. The van der Waals surface area contributed by atoms with Crippen LogP contribution in [0.1, 0.15) is 11.3 Å². The Kier molecular flexibility index (Phi) is 6.09. The summed E-state index contributed by atoms with van der Waals surface area (Å²) in [6.45, 7) is 0.317. The fourth-order valence-corrected chi connectivity index (χ4v) is 5.15. The van der Waals surface area contributed by atoms with E-state index >= 15 is 0 Å². The second-order valence-electron chi connectivity index (χ2n) is 4.45. The summed E-state index contributed by atoms with van der Waals surface area (Å²) >= 11 is 2.71. The summed E-state index contributed by atoms with van der Waals surface area (Å²) < 4.78 is 26.7. The van der Waals surface area contributed by atoms with Gasteiger partial charge in [-0.3, -0.25) is 10.0 Å². The van der Waals surface area contributed by atoms with E-state index in [0.717, 1.165) is 16.2 Å². The van der Waals surface area contributed by atoms with E-state index in [2.05, 4.69) is 0 Å². The SMILES string of the molecule is O=C(CCN(CCc1cccs1)S(=O)(=O)c1cccs1)NO. The second kappa shape index (κ2) is 7.84. The molecule has 0 fully saturated rings. The van der Waals surface area contributed by atoms with Crippen molar-refractivity contribution in [3.63, 3.8) is 0 Å². The van der Waals surface area contributed by atoms with Crippen molar-refractivity contribution < 1.29 is 18.4 Å². The molecule has 0 aliphatic rings. The zero-order valence-electron chi connectivity index (χ0n) is 11.6. The van der Waals surface area contributed by atoms with Gasteiger partial charge >= 0.3 is 0 Å². The Balaban J connectivity index is 2.11. The number of hydrogen-bond acceptors (Lipinski definition) is 6. The first-order chi connectivity index (χ1) is 10.5. The van der Waals surface area contributed by atoms with Gasteiger partial charge < -0.3 is 0 Å². The zero-order valence-corrected chi connectivity index (χ0v) is 14.1. The molecule has 0 unspecified atom stereocenters. The molecule has 2 aromatic heterocycles. The predicted molar refractivity (Wildman–Crippen MR) is 85.6 cm³/mol. The maximum atomic E-state index is 12.6. The van der Waals surface area contributed by atoms with Crippen LogP contribution >= 0.6 is 22.7 Å². The van der Waals surface area contributed by atoms with Crippen molar-refractivity contribution in [3.8, 4) is 0 Å². The second-order valence-corrected chi connectivity index (χ2v) is 8.60. The lowest BCUT2D eigenvalue weighted by atomic mass is 10.3. The van der Waals surface area contributed by atoms with Crippen LogP contribution in [0.25, 0.3) is 0 Å². The Bertz CT molecular complexity index is 681. The molecule has 0 aliphatic heterocycles. The summed E-state index contributed by atoms with van der Waals surface area (Å²) in [5.74, 6) is -0.609. The molecule has 0 spiro atoms. The molecule has 0 radical (unpaired) electrons. The van der Waals surface area contributed by atoms with E-state index in [1.165, 1.54) is 9.79 Å². The molecule has 0 bridgehead atoms. The number of rotatable bonds is 8. The van der Waals surface area contributed by atoms with Crippen LogP contribution in [0.4, 0.5) is 0 Å². The van der Waals surface area contributed by atoms with Crippen molar-refractivity contribution in [1.29, 1.82) is 0 Å². The summed E-state index contributed by atoms with van der Waals surface area (Å²) in [6, 6.07) is 7.08. The molecular formula is C13H16N2O4S3. The van der Waals surface area contributed by atoms with Gasteiger partial charge in [-0.2, -0.15) is 4.31 Å². The molecule has 120 valence electrons. The van der Waals surface area contributed by atoms with Gasteiger partial charge in [-0.15, -0.1) is 22.7 Å². The van der Waals surface area contributed by atoms with Crippen molar-refractivity contribution >= 4 is 38.6 Å². The highest BCUT2D eigenvalue weighted by molar-refractivity contribution is 7.91. The average Bonchev–Trinajstić information content (AvgIpc) is 3.19. The zero-order chi connectivity index (χ0) is 16.0. The molecule has 0 aliphatic carbocycles. The lowest BCUT2D eigenvalue weighted by Crippen LogP contribution is -2.35. The van der Waals surface area contributed by atoms with Crippen molar-refractivity contribution in [3.05, 3.63) is 39.9 Å². The van der Waals surface area contributed by atoms with Crippen molar-refractivity contribution in [2.24, 2.45) is 0 Å². The van der Waals surface area contributed by atoms with Crippen molar-refractivity contribution in [2.75, 3.05) is 13.1 Å². The summed E-state index contributed by atoms with van der Waals surface area (Å²) in [6.07, 6.45) is 0.495. The molecule has 0 aromatic carbocycles. The van der Waals surface area contributed by atoms with Crippen LogP contribution in [-0.4, -0.2) is 36.9 Å². The first-order valence-corrected chi connectivity index (χ1v) is 9.73. The summed E-state index contributed by atoms with van der Waals surface area (Å²) in [4.78, 5) is 12.3. The maximum Gasteiger partial charge on any atom is 0.252 e. The van der Waals surface area contributed by atoms with Crippen LogP contribution < -0.4 is 5.48 Å². The van der Waals surface area contributed by atoms with E-state index in [1.54, 1.807) is 28.8 Å². The van der Waals surface area contributed by atoms with E-state index in [-0.39, 0.29) is 17.2 Å². The summed E-state index contributed by atoms with van der Waals surface area (Å²) in [5, 5.41) is 12.2. The largest absolute Gasteiger partial charge is 0.289 e. The van der Waals surface area contributed by atoms with Gasteiger partial charge in [0.25, 0.3) is 10.0 Å². The average molecular weight is 360 g/mol. The number of carbonyl (C=O) groups excluding carboxylic acids is 1. The third kappa shape index (κ3) is 4.37. The first kappa shape index (κ1) is 17.1. The molecule has 0 saturated heterocycles. The van der Waals surface area contributed by atoms with Gasteiger partial charge in [0.2, 0.25) is 5.91 Å². The highest BCUT2D eigenvalue weighted by Crippen LogP contribution is 2.22. The van der Waals surface area contributed by atoms with E-state index < -0.39 is 15.9 Å². The molecule has 2 rings (SSSR count). The molecule has 0 saturated carbocycles. The minimum absolute atomic E-state index is 0.0258. The highest BCUT2D eigenvalue weighted by atomic mass is 32.2. The third-order valence-electron chi connectivity index (χ3n) is 2.99. The van der Waals surface area contributed by atoms with Gasteiger partial charge in [-0.25, -0.2) is 13.9 Å². The van der Waals surface area contributed by atoms with Gasteiger partial charge in [-0.1, -0.05) is 12.1 Å². The normalized spacial score (nSPS) is 11.7. The summed E-state index contributed by atoms with van der Waals surface area (Å²) in [5.41, 5.74) is 1.52. The number of nitrogens with zero attached hydrogens (tertiary/aromatic N) is 1. The van der Waals surface area contributed by atoms with E-state index in [4.69, 9.17) is 5.21 Å². The Morgan fingerprint density at radius 1 is 1.18 bits per heavy atom. The molecule has 2 N–H and O–H groups in total. The van der Waals surface area contributed by atoms with Gasteiger partial charge in [0.1, 0.15) is 4.21 Å². The quantitative estimate of drug-likeness (QED) is 0.556. The van der Waals surface area contributed by atoms with Crippen LogP contribution in [0.5, 0.6) is 0 Å². The molecule has 0 atom stereocenters. The van der Waals surface area contributed by atoms with Gasteiger partial charge in [0.05, 0.1) is 0 Å². The van der Waals surface area contributed by atoms with E-state index in [0.29, 0.717) is 13.0 Å². The van der Waals surface area contributed by atoms with Crippen LogP contribution in [0, 0.1) is 0 Å². The minimum atomic E-state index is -3.62. The van der Waals surface area contributed by atoms with Crippen LogP contribution in [0.3, 0.4) is 0 Å². The molecule has 1 amide bonds. The van der Waals surface area contributed by atoms with E-state index in [1.807, 2.05) is 17.5 Å². The Hall–Kier alpha value is -1.26. The smallest absolute Gasteiger partial charge is 0.252 e. The minimum Gasteiger partial charge on any atom is -0.289 e. The van der Waals surface area contributed by atoms with Gasteiger partial charge in [-0.05, 0) is 29.3 Å². The first-order valence-electron chi connectivity index (χ1n) is 6.53. The number of carbonyl (C=O) groups is 1. The third-order valence-corrected chi connectivity index (χ3v) is 7.20. The number of amides is 1. The fraction of sp³-hybridized carbons (Fsp3) is 0.308. The Morgan fingerprint density at radius 2 is 1.91 bits per heavy atom. The maximum absolute atomic E-state index is 12.6. The standard InChI is InChI=1S/C13H16N2O4S3/c16-12(14-17)6-8-15(7-5-11-3-1-9-20-11)22(18,19)13-4-2-10-21-13/h1-4,9-10,17H,5-8H2,(H,14,16). The number of thiophene rings is 2. The number of hydrogen-bond donors (Lipinski definition) is 2. The lowest BCUT2D eigenvalue weighted by molar-refractivity contribution is -0.129. The number of hydroxylamine groups is 1. The van der Waals surface area contributed by atoms with Crippen molar-refractivity contribution in [2.45, 2.75) is 17.1 Å². The number of nitrogens with one attached hydrogen (secondary N) is 1. The summed E-state index contributed by atoms with van der Waals surface area (Å²) in [7, 11) is -3.62. The predicted octanol–water partition coefficient (Wildman–Crippen LogP) is 1.94. The van der Waals surface area contributed by atoms with Crippen LogP contribution in [0.15, 0.2) is 39.2 Å². The molecule has 9 heteroatoms. The van der Waals surface area contributed by atoms with E-state index in [9.17, 15) is 13.2 Å². The molecule has 6 nitrogen and oxygen atoms in total. The van der Waals surface area contributed by atoms with Crippen LogP contribution in [-0.2, 0) is 21.2 Å². The molecule has 22 heavy (non-hydrogen) atoms. The monoisotopic (exact) mass is 360 g/mol. The highest BCUT2D eigenvalue weighted by Gasteiger charge is 2.25. The van der Waals surface area contributed by atoms with Gasteiger partial charge in [0.15, 0.2) is 0 Å².